The number of aryl methyl sites for hydroxylation is 1. The Balaban J connectivity index is 1.19. The smallest absolute Gasteiger partial charge is 0.378 e. The van der Waals surface area contributed by atoms with E-state index in [1.807, 2.05) is 0 Å². The zero-order valence-electron chi connectivity index (χ0n) is 26.5. The van der Waals surface area contributed by atoms with Gasteiger partial charge in [-0.1, -0.05) is 24.3 Å². The number of anilines is 2. The molecule has 9 nitrogen and oxygen atoms in total. The Morgan fingerprint density at radius 2 is 1.51 bits per heavy atom. The van der Waals surface area contributed by atoms with Crippen molar-refractivity contribution in [1.82, 2.24) is 14.8 Å². The van der Waals surface area contributed by atoms with E-state index in [0.29, 0.717) is 13.2 Å². The van der Waals surface area contributed by atoms with Gasteiger partial charge < -0.3 is 19.3 Å². The maximum absolute atomic E-state index is 13.9. The lowest BCUT2D eigenvalue weighted by molar-refractivity contribution is -0.142. The lowest BCUT2D eigenvalue weighted by atomic mass is 9.77. The second kappa shape index (κ2) is 13.2. The van der Waals surface area contributed by atoms with Gasteiger partial charge in [-0.3, -0.25) is 9.48 Å². The van der Waals surface area contributed by atoms with Gasteiger partial charge in [-0.15, -0.1) is 0 Å². The number of carbonyl (C=O) groups excluding carboxylic acids is 1. The van der Waals surface area contributed by atoms with Gasteiger partial charge in [0.1, 0.15) is 6.54 Å². The Morgan fingerprint density at radius 1 is 0.915 bits per heavy atom. The molecule has 2 saturated heterocycles. The minimum atomic E-state index is -4.59. The van der Waals surface area contributed by atoms with Crippen LogP contribution < -0.4 is 9.80 Å². The molecule has 3 aromatic rings. The molecule has 4 aliphatic rings. The number of fused-ring (bicyclic) bond motifs is 1. The van der Waals surface area contributed by atoms with Gasteiger partial charge in [-0.25, -0.2) is 5.01 Å². The average Bonchev–Trinajstić information content (AvgIpc) is 3.67. The molecule has 0 unspecified atom stereocenters. The third kappa shape index (κ3) is 6.66. The summed E-state index contributed by atoms with van der Waals surface area (Å²) in [6.45, 7) is 7.36. The van der Waals surface area contributed by atoms with Crippen LogP contribution in [0.4, 0.5) is 24.5 Å². The van der Waals surface area contributed by atoms with Gasteiger partial charge in [0.05, 0.1) is 38.2 Å². The number of hydrogen-bond acceptors (Lipinski definition) is 7. The molecule has 3 fully saturated rings. The maximum Gasteiger partial charge on any atom is 0.435 e. The standard InChI is InChI=1S/C35H39F3N6O3/c1-24-21-31(35(36,37)38)39-43(24)23-32(45)44-34(26-7-11-29(12-8-26)42-15-19-47-20-16-42)30-4-2-3-27(33(30)40-44)22-25-5-9-28(10-6-25)41-13-17-46-18-14-41/h5-12,21-22,30,34H,2-4,13-20,23H2,1H3/b27-22+/t30-,34-/m0/s1. The second-order valence-electron chi connectivity index (χ2n) is 12.5. The molecule has 1 amide bonds. The first-order valence-corrected chi connectivity index (χ1v) is 16.3. The number of nitrogens with zero attached hydrogens (tertiary/aromatic N) is 6. The number of aromatic nitrogens is 2. The quantitative estimate of drug-likeness (QED) is 0.341. The molecular formula is C35H39F3N6O3. The van der Waals surface area contributed by atoms with Crippen LogP contribution in [0.3, 0.4) is 0 Å². The number of halogens is 3. The van der Waals surface area contributed by atoms with E-state index in [0.717, 1.165) is 103 Å². The number of allylic oxidation sites excluding steroid dienone is 1. The third-order valence-electron chi connectivity index (χ3n) is 9.53. The molecule has 4 heterocycles. The molecule has 0 spiro atoms. The SMILES string of the molecule is Cc1cc(C(F)(F)F)nn1CC(=O)N1N=C2/C(=C/c3ccc(N4CCOCC4)cc3)CCC[C@@H]2[C@@H]1c1ccc(N2CCOCC2)cc1. The zero-order valence-corrected chi connectivity index (χ0v) is 26.5. The number of benzene rings is 2. The van der Waals surface area contributed by atoms with Gasteiger partial charge in [0.25, 0.3) is 5.91 Å². The highest BCUT2D eigenvalue weighted by atomic mass is 19.4. The van der Waals surface area contributed by atoms with Crippen LogP contribution in [0.25, 0.3) is 6.08 Å². The second-order valence-corrected chi connectivity index (χ2v) is 12.5. The summed E-state index contributed by atoms with van der Waals surface area (Å²) in [6.07, 6.45) is 0.197. The highest BCUT2D eigenvalue weighted by molar-refractivity contribution is 6.08. The summed E-state index contributed by atoms with van der Waals surface area (Å²) in [5, 5.41) is 10.2. The Morgan fingerprint density at radius 3 is 2.09 bits per heavy atom. The Labute approximate surface area is 272 Å². The summed E-state index contributed by atoms with van der Waals surface area (Å²) >= 11 is 0. The molecular weight excluding hydrogens is 609 g/mol. The molecule has 1 saturated carbocycles. The molecule has 12 heteroatoms. The Hall–Kier alpha value is -4.16. The van der Waals surface area contributed by atoms with Crippen LogP contribution in [-0.4, -0.2) is 79.0 Å². The van der Waals surface area contributed by atoms with Crippen molar-refractivity contribution < 1.29 is 27.4 Å². The van der Waals surface area contributed by atoms with Crippen molar-refractivity contribution >= 4 is 29.1 Å². The minimum absolute atomic E-state index is 0.0368. The van der Waals surface area contributed by atoms with Crippen molar-refractivity contribution in [1.29, 1.82) is 0 Å². The first-order chi connectivity index (χ1) is 22.7. The number of morpholine rings is 2. The molecule has 1 aliphatic carbocycles. The lowest BCUT2D eigenvalue weighted by Gasteiger charge is -2.31. The highest BCUT2D eigenvalue weighted by Crippen LogP contribution is 2.45. The number of carbonyl (C=O) groups is 1. The molecule has 0 bridgehead atoms. The van der Waals surface area contributed by atoms with Gasteiger partial charge in [-0.2, -0.15) is 23.4 Å². The predicted octanol–water partition coefficient (Wildman–Crippen LogP) is 5.71. The van der Waals surface area contributed by atoms with Gasteiger partial charge in [0.15, 0.2) is 5.69 Å². The van der Waals surface area contributed by atoms with Gasteiger partial charge in [-0.05, 0) is 79.3 Å². The van der Waals surface area contributed by atoms with E-state index in [1.165, 1.54) is 11.9 Å². The summed E-state index contributed by atoms with van der Waals surface area (Å²) in [7, 11) is 0. The molecule has 2 atom stereocenters. The van der Waals surface area contributed by atoms with E-state index in [9.17, 15) is 18.0 Å². The fourth-order valence-corrected chi connectivity index (χ4v) is 7.06. The normalized spacial score (nSPS) is 22.9. The number of amides is 1. The monoisotopic (exact) mass is 648 g/mol. The van der Waals surface area contributed by atoms with Crippen molar-refractivity contribution in [3.63, 3.8) is 0 Å². The van der Waals surface area contributed by atoms with Crippen molar-refractivity contribution in [3.05, 3.63) is 82.7 Å². The van der Waals surface area contributed by atoms with Crippen molar-refractivity contribution in [2.75, 3.05) is 62.4 Å². The summed E-state index contributed by atoms with van der Waals surface area (Å²) in [5.41, 5.74) is 5.47. The molecule has 7 rings (SSSR count). The van der Waals surface area contributed by atoms with E-state index < -0.39 is 17.8 Å². The molecule has 1 aromatic heterocycles. The number of ether oxygens (including phenoxy) is 2. The zero-order chi connectivity index (χ0) is 32.5. The lowest BCUT2D eigenvalue weighted by Crippen LogP contribution is -2.36. The van der Waals surface area contributed by atoms with Gasteiger partial charge in [0, 0.05) is 49.2 Å². The summed E-state index contributed by atoms with van der Waals surface area (Å²) in [5.74, 6) is -0.437. The summed E-state index contributed by atoms with van der Waals surface area (Å²) in [4.78, 5) is 18.5. The molecule has 2 aromatic carbocycles. The van der Waals surface area contributed by atoms with Crippen molar-refractivity contribution in [2.24, 2.45) is 11.0 Å². The van der Waals surface area contributed by atoms with E-state index in [1.54, 1.807) is 0 Å². The van der Waals surface area contributed by atoms with E-state index in [2.05, 4.69) is 69.5 Å². The van der Waals surface area contributed by atoms with Gasteiger partial charge >= 0.3 is 6.18 Å². The van der Waals surface area contributed by atoms with Crippen LogP contribution in [-0.2, 0) is 27.0 Å². The molecule has 3 aliphatic heterocycles. The largest absolute Gasteiger partial charge is 0.435 e. The molecule has 248 valence electrons. The fraction of sp³-hybridized carbons (Fsp3) is 0.457. The molecule has 0 N–H and O–H groups in total. The number of rotatable bonds is 6. The van der Waals surface area contributed by atoms with Crippen molar-refractivity contribution in [3.8, 4) is 0 Å². The highest BCUT2D eigenvalue weighted by Gasteiger charge is 2.44. The number of hydrazone groups is 1. The first-order valence-electron chi connectivity index (χ1n) is 16.3. The fourth-order valence-electron chi connectivity index (χ4n) is 7.06. The van der Waals surface area contributed by atoms with Crippen molar-refractivity contribution in [2.45, 2.75) is 44.9 Å². The van der Waals surface area contributed by atoms with E-state index in [-0.39, 0.29) is 24.2 Å². The third-order valence-corrected chi connectivity index (χ3v) is 9.53. The van der Waals surface area contributed by atoms with Crippen LogP contribution >= 0.6 is 0 Å². The molecule has 0 radical (unpaired) electrons. The number of alkyl halides is 3. The number of hydrogen-bond donors (Lipinski definition) is 0. The Bertz CT molecular complexity index is 1640. The summed E-state index contributed by atoms with van der Waals surface area (Å²) in [6, 6.07) is 17.3. The summed E-state index contributed by atoms with van der Waals surface area (Å²) < 4.78 is 52.3. The van der Waals surface area contributed by atoms with Crippen LogP contribution in [0.5, 0.6) is 0 Å². The maximum atomic E-state index is 13.9. The van der Waals surface area contributed by atoms with Crippen LogP contribution in [0, 0.1) is 12.8 Å². The predicted molar refractivity (Wildman–Crippen MR) is 173 cm³/mol. The van der Waals surface area contributed by atoms with E-state index in [4.69, 9.17) is 14.6 Å². The topological polar surface area (TPSA) is 75.4 Å². The van der Waals surface area contributed by atoms with Crippen LogP contribution in [0.1, 0.15) is 47.8 Å². The first kappa shape index (κ1) is 31.4. The minimum Gasteiger partial charge on any atom is -0.378 e. The van der Waals surface area contributed by atoms with Crippen LogP contribution in [0.2, 0.25) is 0 Å². The average molecular weight is 649 g/mol. The van der Waals surface area contributed by atoms with Gasteiger partial charge in [0.2, 0.25) is 0 Å². The Kier molecular flexibility index (Phi) is 8.80. The van der Waals surface area contributed by atoms with Crippen LogP contribution in [0.15, 0.2) is 65.3 Å². The molecule has 47 heavy (non-hydrogen) atoms. The van der Waals surface area contributed by atoms with E-state index >= 15 is 0 Å².